The van der Waals surface area contributed by atoms with Crippen molar-refractivity contribution in [3.05, 3.63) is 0 Å². The van der Waals surface area contributed by atoms with E-state index in [4.69, 9.17) is 10.8 Å². The quantitative estimate of drug-likeness (QED) is 0.747. The Kier molecular flexibility index (Phi) is 5.55. The van der Waals surface area contributed by atoms with E-state index in [1.807, 2.05) is 0 Å². The summed E-state index contributed by atoms with van der Waals surface area (Å²) in [6.45, 7) is 3.90. The van der Waals surface area contributed by atoms with Crippen LogP contribution in [0.4, 0.5) is 13.2 Å². The molecule has 15 heavy (non-hydrogen) atoms. The van der Waals surface area contributed by atoms with Gasteiger partial charge >= 0.3 is 6.18 Å². The molecule has 0 aromatic rings. The molecule has 0 rings (SSSR count). The summed E-state index contributed by atoms with van der Waals surface area (Å²) in [4.78, 5) is 0. The van der Waals surface area contributed by atoms with Crippen LogP contribution in [0.15, 0.2) is 0 Å². The van der Waals surface area contributed by atoms with Crippen molar-refractivity contribution >= 4 is 0 Å². The van der Waals surface area contributed by atoms with Gasteiger partial charge in [0.2, 0.25) is 0 Å². The predicted octanol–water partition coefficient (Wildman–Crippen LogP) is 1.30. The molecular weight excluding hydrogens is 211 g/mol. The number of alkyl halides is 3. The Bertz CT molecular complexity index is 185. The maximum absolute atomic E-state index is 12.2. The molecule has 92 valence electrons. The smallest absolute Gasteiger partial charge is 0.394 e. The number of halogens is 3. The fourth-order valence-corrected chi connectivity index (χ4v) is 1.02. The molecule has 3 N–H and O–H groups in total. The van der Waals surface area contributed by atoms with Crippen LogP contribution >= 0.6 is 0 Å². The third kappa shape index (κ3) is 4.81. The third-order valence-electron chi connectivity index (χ3n) is 2.22. The number of nitrogens with two attached hydrogens (primary N) is 1. The summed E-state index contributed by atoms with van der Waals surface area (Å²) in [6, 6.07) is -0.611. The number of hydrogen-bond acceptors (Lipinski definition) is 3. The molecule has 0 aliphatic rings. The first-order valence-corrected chi connectivity index (χ1v) is 4.78. The molecule has 0 saturated heterocycles. The van der Waals surface area contributed by atoms with Crippen molar-refractivity contribution < 1.29 is 23.0 Å². The Morgan fingerprint density at radius 3 is 2.00 bits per heavy atom. The van der Waals surface area contributed by atoms with Gasteiger partial charge in [0, 0.05) is 6.04 Å². The molecule has 0 amide bonds. The molecule has 0 heterocycles. The zero-order chi connectivity index (χ0) is 12.2. The van der Waals surface area contributed by atoms with Crippen LogP contribution in [0.5, 0.6) is 0 Å². The van der Waals surface area contributed by atoms with Crippen LogP contribution in [-0.4, -0.2) is 36.1 Å². The number of rotatable bonds is 5. The maximum atomic E-state index is 12.2. The minimum absolute atomic E-state index is 0.0532. The molecule has 6 heteroatoms. The highest BCUT2D eigenvalue weighted by Gasteiger charge is 2.39. The van der Waals surface area contributed by atoms with Crippen molar-refractivity contribution in [1.82, 2.24) is 0 Å². The third-order valence-corrected chi connectivity index (χ3v) is 2.22. The van der Waals surface area contributed by atoms with Gasteiger partial charge in [0.05, 0.1) is 12.7 Å². The van der Waals surface area contributed by atoms with E-state index >= 15 is 0 Å². The van der Waals surface area contributed by atoms with E-state index in [-0.39, 0.29) is 5.92 Å². The van der Waals surface area contributed by atoms with Gasteiger partial charge in [0.15, 0.2) is 6.10 Å². The lowest BCUT2D eigenvalue weighted by molar-refractivity contribution is -0.232. The molecule has 0 radical (unpaired) electrons. The minimum Gasteiger partial charge on any atom is -0.394 e. The normalized spacial score (nSPS) is 19.0. The van der Waals surface area contributed by atoms with Crippen molar-refractivity contribution in [2.45, 2.75) is 45.2 Å². The lowest BCUT2D eigenvalue weighted by Gasteiger charge is -2.29. The summed E-state index contributed by atoms with van der Waals surface area (Å²) in [5.74, 6) is -0.0532. The largest absolute Gasteiger partial charge is 0.414 e. The van der Waals surface area contributed by atoms with E-state index in [1.165, 1.54) is 0 Å². The Morgan fingerprint density at radius 1 is 1.27 bits per heavy atom. The summed E-state index contributed by atoms with van der Waals surface area (Å²) in [7, 11) is 0. The molecule has 3 nitrogen and oxygen atoms in total. The van der Waals surface area contributed by atoms with Gasteiger partial charge < -0.3 is 15.6 Å². The molecular formula is C9H18F3NO2. The maximum Gasteiger partial charge on any atom is 0.414 e. The van der Waals surface area contributed by atoms with Crippen LogP contribution < -0.4 is 5.73 Å². The highest BCUT2D eigenvalue weighted by molar-refractivity contribution is 4.78. The zero-order valence-electron chi connectivity index (χ0n) is 9.08. The van der Waals surface area contributed by atoms with E-state index in [0.29, 0.717) is 0 Å². The Labute approximate surface area is 87.4 Å². The fourth-order valence-electron chi connectivity index (χ4n) is 1.02. The molecule has 0 saturated carbocycles. The van der Waals surface area contributed by atoms with Gasteiger partial charge in [-0.2, -0.15) is 13.2 Å². The van der Waals surface area contributed by atoms with Gasteiger partial charge in [-0.1, -0.05) is 13.8 Å². The SMILES string of the molecule is CC(C)C(N)C(CO)OC(C)C(F)(F)F. The van der Waals surface area contributed by atoms with Gasteiger partial charge in [0.1, 0.15) is 0 Å². The second-order valence-corrected chi connectivity index (χ2v) is 3.86. The average molecular weight is 229 g/mol. The highest BCUT2D eigenvalue weighted by atomic mass is 19.4. The summed E-state index contributed by atoms with van der Waals surface area (Å²) in [6.07, 6.45) is -7.33. The molecule has 3 atom stereocenters. The average Bonchev–Trinajstić information content (AvgIpc) is 2.10. The molecule has 0 spiro atoms. The van der Waals surface area contributed by atoms with Gasteiger partial charge in [0.25, 0.3) is 0 Å². The molecule has 3 unspecified atom stereocenters. The topological polar surface area (TPSA) is 55.5 Å². The second kappa shape index (κ2) is 5.67. The molecule has 0 aliphatic carbocycles. The van der Waals surface area contributed by atoms with Crippen molar-refractivity contribution in [1.29, 1.82) is 0 Å². The van der Waals surface area contributed by atoms with Crippen LogP contribution in [-0.2, 0) is 4.74 Å². The first-order valence-electron chi connectivity index (χ1n) is 4.78. The highest BCUT2D eigenvalue weighted by Crippen LogP contribution is 2.24. The first kappa shape index (κ1) is 14.7. The second-order valence-electron chi connectivity index (χ2n) is 3.86. The Morgan fingerprint density at radius 2 is 1.73 bits per heavy atom. The summed E-state index contributed by atoms with van der Waals surface area (Å²) < 4.78 is 41.2. The van der Waals surface area contributed by atoms with E-state index < -0.39 is 31.0 Å². The monoisotopic (exact) mass is 229 g/mol. The molecule has 0 aromatic carbocycles. The van der Waals surface area contributed by atoms with Gasteiger partial charge in [-0.25, -0.2) is 0 Å². The van der Waals surface area contributed by atoms with Crippen LogP contribution in [0.1, 0.15) is 20.8 Å². The van der Waals surface area contributed by atoms with Crippen molar-refractivity contribution in [2.75, 3.05) is 6.61 Å². The zero-order valence-corrected chi connectivity index (χ0v) is 9.08. The van der Waals surface area contributed by atoms with Crippen LogP contribution in [0.2, 0.25) is 0 Å². The number of aliphatic hydroxyl groups is 1. The molecule has 0 bridgehead atoms. The lowest BCUT2D eigenvalue weighted by atomic mass is 10.00. The summed E-state index contributed by atoms with van der Waals surface area (Å²) >= 11 is 0. The Balaban J connectivity index is 4.34. The minimum atomic E-state index is -4.43. The van der Waals surface area contributed by atoms with E-state index in [2.05, 4.69) is 4.74 Å². The summed E-state index contributed by atoms with van der Waals surface area (Å²) in [5.41, 5.74) is 5.61. The van der Waals surface area contributed by atoms with E-state index in [0.717, 1.165) is 6.92 Å². The fraction of sp³-hybridized carbons (Fsp3) is 1.00. The van der Waals surface area contributed by atoms with Gasteiger partial charge in [-0.3, -0.25) is 0 Å². The van der Waals surface area contributed by atoms with Crippen LogP contribution in [0.25, 0.3) is 0 Å². The van der Waals surface area contributed by atoms with Crippen LogP contribution in [0.3, 0.4) is 0 Å². The number of aliphatic hydroxyl groups excluding tert-OH is 1. The van der Waals surface area contributed by atoms with E-state index in [1.54, 1.807) is 13.8 Å². The van der Waals surface area contributed by atoms with Crippen molar-refractivity contribution in [2.24, 2.45) is 11.7 Å². The number of hydrogen-bond donors (Lipinski definition) is 2. The Hall–Kier alpha value is -0.330. The predicted molar refractivity (Wildman–Crippen MR) is 50.3 cm³/mol. The van der Waals surface area contributed by atoms with E-state index in [9.17, 15) is 13.2 Å². The lowest BCUT2D eigenvalue weighted by Crippen LogP contribution is -2.46. The van der Waals surface area contributed by atoms with Gasteiger partial charge in [-0.05, 0) is 12.8 Å². The standard InChI is InChI=1S/C9H18F3NO2/c1-5(2)8(13)7(4-14)15-6(3)9(10,11)12/h5-8,14H,4,13H2,1-3H3. The van der Waals surface area contributed by atoms with Crippen molar-refractivity contribution in [3.8, 4) is 0 Å². The molecule has 0 fully saturated rings. The molecule has 0 aromatic heterocycles. The van der Waals surface area contributed by atoms with Crippen LogP contribution in [0, 0.1) is 5.92 Å². The van der Waals surface area contributed by atoms with Gasteiger partial charge in [-0.15, -0.1) is 0 Å². The van der Waals surface area contributed by atoms with Crippen molar-refractivity contribution in [3.63, 3.8) is 0 Å². The molecule has 0 aliphatic heterocycles. The number of ether oxygens (including phenoxy) is 1. The summed E-state index contributed by atoms with van der Waals surface area (Å²) in [5, 5.41) is 8.89. The first-order chi connectivity index (χ1) is 6.70.